The summed E-state index contributed by atoms with van der Waals surface area (Å²) in [6.07, 6.45) is 0.832. The number of hydrogen-bond acceptors (Lipinski definition) is 6. The first kappa shape index (κ1) is 16.1. The molecule has 0 radical (unpaired) electrons. The number of nitrogens with one attached hydrogen (secondary N) is 1. The van der Waals surface area contributed by atoms with Gasteiger partial charge in [0.05, 0.1) is 23.3 Å². The maximum atomic E-state index is 5.99. The van der Waals surface area contributed by atoms with Gasteiger partial charge in [0.2, 0.25) is 10.7 Å². The zero-order chi connectivity index (χ0) is 18.2. The van der Waals surface area contributed by atoms with Crippen molar-refractivity contribution in [2.45, 2.75) is 46.3 Å². The van der Waals surface area contributed by atoms with Gasteiger partial charge in [-0.2, -0.15) is 10.2 Å². The van der Waals surface area contributed by atoms with E-state index in [2.05, 4.69) is 29.1 Å². The number of hydrogen-bond donors (Lipinski definition) is 1. The van der Waals surface area contributed by atoms with Crippen LogP contribution in [0.25, 0.3) is 21.8 Å². The summed E-state index contributed by atoms with van der Waals surface area (Å²) in [5.74, 6) is 0.663. The van der Waals surface area contributed by atoms with Gasteiger partial charge in [-0.15, -0.1) is 11.3 Å². The maximum absolute atomic E-state index is 5.99. The van der Waals surface area contributed by atoms with Crippen molar-refractivity contribution in [1.29, 1.82) is 0 Å². The van der Waals surface area contributed by atoms with Gasteiger partial charge in [-0.3, -0.25) is 5.10 Å². The van der Waals surface area contributed by atoms with Crippen LogP contribution in [-0.2, 0) is 17.8 Å². The quantitative estimate of drug-likeness (QED) is 0.506. The lowest BCUT2D eigenvalue weighted by Crippen LogP contribution is -2.31. The Labute approximate surface area is 158 Å². The van der Waals surface area contributed by atoms with Crippen LogP contribution in [0.5, 0.6) is 0 Å². The van der Waals surface area contributed by atoms with Crippen molar-refractivity contribution in [2.24, 2.45) is 0 Å². The zero-order valence-electron chi connectivity index (χ0n) is 15.0. The molecule has 0 unspecified atom stereocenters. The minimum absolute atomic E-state index is 0.195. The second-order valence-electron chi connectivity index (χ2n) is 7.35. The van der Waals surface area contributed by atoms with Gasteiger partial charge in [0.25, 0.3) is 0 Å². The number of aryl methyl sites for hydroxylation is 2. The lowest BCUT2D eigenvalue weighted by molar-refractivity contribution is -0.0379. The van der Waals surface area contributed by atoms with Crippen LogP contribution in [0.4, 0.5) is 0 Å². The summed E-state index contributed by atoms with van der Waals surface area (Å²) in [4.78, 5) is 7.09. The first-order valence-electron chi connectivity index (χ1n) is 8.43. The number of aromatic amines is 1. The number of fused-ring (bicyclic) bond motifs is 5. The van der Waals surface area contributed by atoms with Gasteiger partial charge in [0, 0.05) is 17.0 Å². The molecule has 0 spiro atoms. The van der Waals surface area contributed by atoms with Crippen molar-refractivity contribution in [2.75, 3.05) is 0 Å². The molecule has 7 nitrogen and oxygen atoms in total. The van der Waals surface area contributed by atoms with Crippen molar-refractivity contribution >= 4 is 39.4 Å². The predicted molar refractivity (Wildman–Crippen MR) is 103 cm³/mol. The van der Waals surface area contributed by atoms with Crippen LogP contribution in [-0.4, -0.2) is 35.0 Å². The molecule has 0 bridgehead atoms. The van der Waals surface area contributed by atoms with Gasteiger partial charge < -0.3 is 4.74 Å². The minimum Gasteiger partial charge on any atom is -0.370 e. The lowest BCUT2D eigenvalue weighted by atomic mass is 9.94. The summed E-state index contributed by atoms with van der Waals surface area (Å²) in [5, 5.41) is 13.1. The molecule has 1 aliphatic rings. The molecule has 0 aromatic carbocycles. The average molecular weight is 387 g/mol. The van der Waals surface area contributed by atoms with Gasteiger partial charge in [-0.05, 0) is 51.5 Å². The molecule has 134 valence electrons. The van der Waals surface area contributed by atoms with Crippen molar-refractivity contribution in [3.8, 4) is 5.95 Å². The monoisotopic (exact) mass is 386 g/mol. The molecule has 0 fully saturated rings. The van der Waals surface area contributed by atoms with E-state index in [4.69, 9.17) is 21.9 Å². The Morgan fingerprint density at radius 3 is 2.88 bits per heavy atom. The summed E-state index contributed by atoms with van der Waals surface area (Å²) in [6.45, 7) is 8.82. The van der Waals surface area contributed by atoms with Crippen LogP contribution in [0.1, 0.15) is 35.7 Å². The summed E-state index contributed by atoms with van der Waals surface area (Å²) < 4.78 is 10.2. The highest BCUT2D eigenvalue weighted by Gasteiger charge is 2.31. The summed E-state index contributed by atoms with van der Waals surface area (Å²) in [6, 6.07) is 2.03. The van der Waals surface area contributed by atoms with E-state index in [-0.39, 0.29) is 5.60 Å². The Hall–Kier alpha value is -2.10. The van der Waals surface area contributed by atoms with Crippen molar-refractivity contribution in [3.05, 3.63) is 32.7 Å². The second kappa shape index (κ2) is 5.21. The number of rotatable bonds is 1. The Morgan fingerprint density at radius 2 is 2.15 bits per heavy atom. The first-order chi connectivity index (χ1) is 12.3. The maximum Gasteiger partial charge on any atom is 0.240 e. The topological polar surface area (TPSA) is 73.0 Å². The van der Waals surface area contributed by atoms with E-state index in [1.54, 1.807) is 11.3 Å². The third-order valence-corrected chi connectivity index (χ3v) is 6.14. The molecule has 4 aromatic heterocycles. The molecular weight excluding hydrogens is 368 g/mol. The van der Waals surface area contributed by atoms with E-state index < -0.39 is 0 Å². The van der Waals surface area contributed by atoms with Crippen LogP contribution in [0, 0.1) is 18.6 Å². The number of ether oxygens (including phenoxy) is 1. The van der Waals surface area contributed by atoms with Crippen LogP contribution in [0.3, 0.4) is 0 Å². The largest absolute Gasteiger partial charge is 0.370 e. The second-order valence-corrected chi connectivity index (χ2v) is 8.82. The highest BCUT2D eigenvalue weighted by Crippen LogP contribution is 2.40. The normalized spacial score (nSPS) is 16.5. The van der Waals surface area contributed by atoms with Crippen LogP contribution in [0.2, 0.25) is 0 Å². The molecule has 26 heavy (non-hydrogen) atoms. The molecular formula is C17H18N6OS2. The highest BCUT2D eigenvalue weighted by molar-refractivity contribution is 7.71. The fourth-order valence-corrected chi connectivity index (χ4v) is 4.92. The number of thiophene rings is 1. The van der Waals surface area contributed by atoms with E-state index in [1.165, 1.54) is 10.4 Å². The van der Waals surface area contributed by atoms with Crippen LogP contribution < -0.4 is 0 Å². The van der Waals surface area contributed by atoms with Crippen LogP contribution >= 0.6 is 23.6 Å². The van der Waals surface area contributed by atoms with E-state index in [0.29, 0.717) is 17.3 Å². The third kappa shape index (κ3) is 2.20. The standard InChI is InChI=1S/C17H18N6OS2/c1-8-5-9(2)23(21-8)15-18-14-12(13-19-20-16(25)22(13)15)10-6-17(3,4)24-7-11(10)26-14/h5H,6-7H2,1-4H3,(H,20,25). The summed E-state index contributed by atoms with van der Waals surface area (Å²) in [7, 11) is 0. The van der Waals surface area contributed by atoms with E-state index in [9.17, 15) is 0 Å². The molecule has 9 heteroatoms. The minimum atomic E-state index is -0.195. The predicted octanol–water partition coefficient (Wildman–Crippen LogP) is 3.66. The SMILES string of the molecule is Cc1cc(C)n(-c2nc3sc4c(c3c3n[nH]c(=S)n23)CC(C)(C)OC4)n1. The smallest absolute Gasteiger partial charge is 0.240 e. The number of nitrogens with zero attached hydrogens (tertiary/aromatic N) is 5. The molecule has 1 N–H and O–H groups in total. The Kier molecular flexibility index (Phi) is 3.23. The Balaban J connectivity index is 1.90. The molecule has 0 saturated carbocycles. The van der Waals surface area contributed by atoms with Crippen molar-refractivity contribution in [1.82, 2.24) is 29.4 Å². The van der Waals surface area contributed by atoms with Gasteiger partial charge in [-0.1, -0.05) is 0 Å². The fraction of sp³-hybridized carbons (Fsp3) is 0.412. The van der Waals surface area contributed by atoms with E-state index in [0.717, 1.165) is 33.7 Å². The van der Waals surface area contributed by atoms with E-state index >= 15 is 0 Å². The van der Waals surface area contributed by atoms with Gasteiger partial charge in [-0.25, -0.2) is 14.1 Å². The lowest BCUT2D eigenvalue weighted by Gasteiger charge is -2.30. The van der Waals surface area contributed by atoms with Gasteiger partial charge >= 0.3 is 0 Å². The molecule has 4 aromatic rings. The van der Waals surface area contributed by atoms with E-state index in [1.807, 2.05) is 29.0 Å². The van der Waals surface area contributed by atoms with Gasteiger partial charge in [0.1, 0.15) is 4.83 Å². The van der Waals surface area contributed by atoms with Gasteiger partial charge in [0.15, 0.2) is 5.65 Å². The molecule has 0 atom stereocenters. The number of H-pyrrole nitrogens is 1. The Bertz CT molecular complexity index is 1240. The first-order valence-corrected chi connectivity index (χ1v) is 9.65. The van der Waals surface area contributed by atoms with Crippen LogP contribution in [0.15, 0.2) is 6.07 Å². The number of aromatic nitrogens is 6. The third-order valence-electron chi connectivity index (χ3n) is 4.77. The molecule has 0 aliphatic carbocycles. The molecule has 0 saturated heterocycles. The highest BCUT2D eigenvalue weighted by atomic mass is 32.1. The van der Waals surface area contributed by atoms with Crippen molar-refractivity contribution < 1.29 is 4.74 Å². The fourth-order valence-electron chi connectivity index (χ4n) is 3.61. The molecule has 5 rings (SSSR count). The van der Waals surface area contributed by atoms with Crippen molar-refractivity contribution in [3.63, 3.8) is 0 Å². The average Bonchev–Trinajstić information content (AvgIpc) is 3.21. The molecule has 1 aliphatic heterocycles. The molecule has 0 amide bonds. The molecule has 5 heterocycles. The summed E-state index contributed by atoms with van der Waals surface area (Å²) >= 11 is 7.17. The Morgan fingerprint density at radius 1 is 1.35 bits per heavy atom. The summed E-state index contributed by atoms with van der Waals surface area (Å²) in [5.41, 5.74) is 3.82. The zero-order valence-corrected chi connectivity index (χ0v) is 16.6.